The maximum absolute atomic E-state index is 5.37. The van der Waals surface area contributed by atoms with Crippen LogP contribution in [-0.4, -0.2) is 16.6 Å². The number of fused-ring (bicyclic) bond motifs is 1. The summed E-state index contributed by atoms with van der Waals surface area (Å²) in [6.45, 7) is 4.89. The molecule has 0 fully saturated rings. The summed E-state index contributed by atoms with van der Waals surface area (Å²) in [7, 11) is 0. The highest BCUT2D eigenvalue weighted by atomic mass is 16.5. The van der Waals surface area contributed by atoms with Gasteiger partial charge in [0.1, 0.15) is 5.69 Å². The third-order valence-electron chi connectivity index (χ3n) is 3.52. The minimum atomic E-state index is 0.808. The molecular formula is C17H18N2O. The van der Waals surface area contributed by atoms with Gasteiger partial charge in [-0.2, -0.15) is 0 Å². The molecule has 0 aliphatic carbocycles. The molecule has 102 valence electrons. The van der Waals surface area contributed by atoms with E-state index in [1.54, 1.807) is 0 Å². The van der Waals surface area contributed by atoms with E-state index in [0.29, 0.717) is 0 Å². The summed E-state index contributed by atoms with van der Waals surface area (Å²) in [5.74, 6) is 0. The molecular weight excluding hydrogens is 248 g/mol. The van der Waals surface area contributed by atoms with E-state index < -0.39 is 0 Å². The SMILES string of the molecule is CCN(Cc1ccccc1)Cc1noc2ccccc12. The minimum Gasteiger partial charge on any atom is -0.356 e. The first-order valence-electron chi connectivity index (χ1n) is 6.96. The Kier molecular flexibility index (Phi) is 3.79. The number of rotatable bonds is 5. The normalized spacial score (nSPS) is 11.3. The van der Waals surface area contributed by atoms with Crippen molar-refractivity contribution < 1.29 is 4.52 Å². The van der Waals surface area contributed by atoms with Crippen molar-refractivity contribution in [2.45, 2.75) is 20.0 Å². The second-order valence-corrected chi connectivity index (χ2v) is 4.91. The Labute approximate surface area is 118 Å². The Hall–Kier alpha value is -2.13. The Morgan fingerprint density at radius 2 is 1.70 bits per heavy atom. The molecule has 3 aromatic rings. The molecule has 0 saturated heterocycles. The van der Waals surface area contributed by atoms with Gasteiger partial charge in [0.15, 0.2) is 5.58 Å². The predicted molar refractivity (Wildman–Crippen MR) is 80.2 cm³/mol. The molecule has 0 radical (unpaired) electrons. The van der Waals surface area contributed by atoms with Crippen molar-refractivity contribution in [1.82, 2.24) is 10.1 Å². The van der Waals surface area contributed by atoms with Crippen LogP contribution >= 0.6 is 0 Å². The third-order valence-corrected chi connectivity index (χ3v) is 3.52. The largest absolute Gasteiger partial charge is 0.356 e. The summed E-state index contributed by atoms with van der Waals surface area (Å²) in [6.07, 6.45) is 0. The summed E-state index contributed by atoms with van der Waals surface area (Å²) < 4.78 is 5.37. The fourth-order valence-electron chi connectivity index (χ4n) is 2.39. The van der Waals surface area contributed by atoms with Gasteiger partial charge >= 0.3 is 0 Å². The van der Waals surface area contributed by atoms with E-state index in [9.17, 15) is 0 Å². The van der Waals surface area contributed by atoms with E-state index in [2.05, 4.69) is 47.3 Å². The molecule has 0 spiro atoms. The molecule has 0 saturated carbocycles. The zero-order chi connectivity index (χ0) is 13.8. The maximum Gasteiger partial charge on any atom is 0.167 e. The van der Waals surface area contributed by atoms with Crippen molar-refractivity contribution in [3.8, 4) is 0 Å². The van der Waals surface area contributed by atoms with Crippen LogP contribution in [0.3, 0.4) is 0 Å². The van der Waals surface area contributed by atoms with Crippen LogP contribution in [0.4, 0.5) is 0 Å². The summed E-state index contributed by atoms with van der Waals surface area (Å²) in [5, 5.41) is 5.32. The second kappa shape index (κ2) is 5.88. The number of aromatic nitrogens is 1. The first kappa shape index (κ1) is 12.9. The lowest BCUT2D eigenvalue weighted by molar-refractivity contribution is 0.263. The lowest BCUT2D eigenvalue weighted by Gasteiger charge is -2.19. The molecule has 0 N–H and O–H groups in total. The van der Waals surface area contributed by atoms with Crippen molar-refractivity contribution >= 4 is 11.0 Å². The van der Waals surface area contributed by atoms with Gasteiger partial charge in [-0.15, -0.1) is 0 Å². The molecule has 0 amide bonds. The van der Waals surface area contributed by atoms with E-state index in [1.807, 2.05) is 24.3 Å². The van der Waals surface area contributed by atoms with Crippen LogP contribution < -0.4 is 0 Å². The van der Waals surface area contributed by atoms with Crippen LogP contribution in [0.25, 0.3) is 11.0 Å². The van der Waals surface area contributed by atoms with Gasteiger partial charge in [0.25, 0.3) is 0 Å². The molecule has 0 aliphatic rings. The number of hydrogen-bond donors (Lipinski definition) is 0. The number of para-hydroxylation sites is 1. The average molecular weight is 266 g/mol. The highest BCUT2D eigenvalue weighted by Crippen LogP contribution is 2.19. The van der Waals surface area contributed by atoms with Gasteiger partial charge in [0.2, 0.25) is 0 Å². The molecule has 20 heavy (non-hydrogen) atoms. The van der Waals surface area contributed by atoms with Crippen LogP contribution in [0.5, 0.6) is 0 Å². The smallest absolute Gasteiger partial charge is 0.167 e. The van der Waals surface area contributed by atoms with Gasteiger partial charge in [0, 0.05) is 18.5 Å². The van der Waals surface area contributed by atoms with Crippen molar-refractivity contribution in [2.75, 3.05) is 6.54 Å². The third kappa shape index (κ3) is 2.73. The van der Waals surface area contributed by atoms with Crippen molar-refractivity contribution in [1.29, 1.82) is 0 Å². The minimum absolute atomic E-state index is 0.808. The molecule has 3 heteroatoms. The number of nitrogens with zero attached hydrogens (tertiary/aromatic N) is 2. The molecule has 1 heterocycles. The molecule has 0 atom stereocenters. The Morgan fingerprint density at radius 1 is 0.950 bits per heavy atom. The van der Waals surface area contributed by atoms with Crippen molar-refractivity contribution in [3.63, 3.8) is 0 Å². The lowest BCUT2D eigenvalue weighted by atomic mass is 10.2. The quantitative estimate of drug-likeness (QED) is 0.702. The van der Waals surface area contributed by atoms with E-state index in [0.717, 1.165) is 36.3 Å². The first-order valence-corrected chi connectivity index (χ1v) is 6.96. The predicted octanol–water partition coefficient (Wildman–Crippen LogP) is 3.85. The van der Waals surface area contributed by atoms with Gasteiger partial charge < -0.3 is 4.52 Å². The highest BCUT2D eigenvalue weighted by Gasteiger charge is 2.11. The highest BCUT2D eigenvalue weighted by molar-refractivity contribution is 5.79. The van der Waals surface area contributed by atoms with Crippen LogP contribution in [0.15, 0.2) is 59.1 Å². The number of benzene rings is 2. The van der Waals surface area contributed by atoms with Gasteiger partial charge in [-0.05, 0) is 24.2 Å². The van der Waals surface area contributed by atoms with Crippen LogP contribution in [-0.2, 0) is 13.1 Å². The monoisotopic (exact) mass is 266 g/mol. The number of hydrogen-bond acceptors (Lipinski definition) is 3. The maximum atomic E-state index is 5.37. The molecule has 0 unspecified atom stereocenters. The summed E-state index contributed by atoms with van der Waals surface area (Å²) in [4.78, 5) is 2.36. The molecule has 3 rings (SSSR count). The van der Waals surface area contributed by atoms with Crippen molar-refractivity contribution in [2.24, 2.45) is 0 Å². The molecule has 2 aromatic carbocycles. The molecule has 0 aliphatic heterocycles. The second-order valence-electron chi connectivity index (χ2n) is 4.91. The van der Waals surface area contributed by atoms with E-state index in [1.165, 1.54) is 5.56 Å². The average Bonchev–Trinajstić information content (AvgIpc) is 2.91. The van der Waals surface area contributed by atoms with Crippen LogP contribution in [0.1, 0.15) is 18.2 Å². The summed E-state index contributed by atoms with van der Waals surface area (Å²) in [6, 6.07) is 18.5. The molecule has 1 aromatic heterocycles. The Balaban J connectivity index is 1.78. The zero-order valence-corrected chi connectivity index (χ0v) is 11.6. The first-order chi connectivity index (χ1) is 9.86. The van der Waals surface area contributed by atoms with E-state index >= 15 is 0 Å². The topological polar surface area (TPSA) is 29.3 Å². The summed E-state index contributed by atoms with van der Waals surface area (Å²) in [5.41, 5.74) is 3.19. The van der Waals surface area contributed by atoms with Crippen LogP contribution in [0.2, 0.25) is 0 Å². The van der Waals surface area contributed by atoms with E-state index in [-0.39, 0.29) is 0 Å². The molecule has 3 nitrogen and oxygen atoms in total. The van der Waals surface area contributed by atoms with Gasteiger partial charge in [-0.3, -0.25) is 4.90 Å². The van der Waals surface area contributed by atoms with Gasteiger partial charge in [-0.1, -0.05) is 54.5 Å². The fraction of sp³-hybridized carbons (Fsp3) is 0.235. The van der Waals surface area contributed by atoms with Crippen LogP contribution in [0, 0.1) is 0 Å². The van der Waals surface area contributed by atoms with Crippen molar-refractivity contribution in [3.05, 3.63) is 65.9 Å². The van der Waals surface area contributed by atoms with E-state index in [4.69, 9.17) is 4.52 Å². The summed E-state index contributed by atoms with van der Waals surface area (Å²) >= 11 is 0. The van der Waals surface area contributed by atoms with Gasteiger partial charge in [0.05, 0.1) is 0 Å². The molecule has 0 bridgehead atoms. The lowest BCUT2D eigenvalue weighted by Crippen LogP contribution is -2.22. The standard InChI is InChI=1S/C17H18N2O/c1-2-19(12-14-8-4-3-5-9-14)13-16-15-10-6-7-11-17(15)20-18-16/h3-11H,2,12-13H2,1H3. The fourth-order valence-corrected chi connectivity index (χ4v) is 2.39. The van der Waals surface area contributed by atoms with Gasteiger partial charge in [-0.25, -0.2) is 0 Å². The zero-order valence-electron chi connectivity index (χ0n) is 11.6. The Morgan fingerprint density at radius 3 is 2.50 bits per heavy atom. The Bertz CT molecular complexity index is 676.